The number of benzene rings is 2. The Balaban J connectivity index is 1.49. The van der Waals surface area contributed by atoms with E-state index in [4.69, 9.17) is 0 Å². The number of nitrogens with zero attached hydrogens (tertiary/aromatic N) is 3. The summed E-state index contributed by atoms with van der Waals surface area (Å²) in [7, 11) is 0. The summed E-state index contributed by atoms with van der Waals surface area (Å²) in [4.78, 5) is 32.7. The SMILES string of the molecule is C[C@H](c1cc(=O)[nH]c(N[C@H]2CCCc3ccccc32)n1)n1ncc2ccccc2c1=O. The highest BCUT2D eigenvalue weighted by Crippen LogP contribution is 2.31. The first-order valence-corrected chi connectivity index (χ1v) is 10.5. The molecular formula is C24H23N5O2. The number of aromatic nitrogens is 4. The number of hydrogen-bond acceptors (Lipinski definition) is 5. The van der Waals surface area contributed by atoms with Gasteiger partial charge in [-0.05, 0) is 43.4 Å². The molecule has 2 heterocycles. The lowest BCUT2D eigenvalue weighted by Crippen LogP contribution is -2.28. The van der Waals surface area contributed by atoms with Gasteiger partial charge in [-0.1, -0.05) is 42.5 Å². The van der Waals surface area contributed by atoms with Crippen LogP contribution in [-0.4, -0.2) is 19.7 Å². The van der Waals surface area contributed by atoms with Crippen LogP contribution < -0.4 is 16.4 Å². The molecule has 1 aliphatic carbocycles. The summed E-state index contributed by atoms with van der Waals surface area (Å²) in [6.45, 7) is 1.82. The monoisotopic (exact) mass is 413 g/mol. The molecule has 31 heavy (non-hydrogen) atoms. The minimum Gasteiger partial charge on any atom is -0.349 e. The van der Waals surface area contributed by atoms with Crippen LogP contribution in [0.5, 0.6) is 0 Å². The molecule has 0 saturated heterocycles. The number of rotatable bonds is 4. The molecule has 7 heteroatoms. The maximum absolute atomic E-state index is 12.9. The number of fused-ring (bicyclic) bond motifs is 2. The maximum atomic E-state index is 12.9. The normalized spacial score (nSPS) is 16.6. The van der Waals surface area contributed by atoms with Crippen molar-refractivity contribution >= 4 is 16.7 Å². The first kappa shape index (κ1) is 19.2. The first-order chi connectivity index (χ1) is 15.1. The number of hydrogen-bond donors (Lipinski definition) is 2. The van der Waals surface area contributed by atoms with Crippen molar-refractivity contribution in [3.63, 3.8) is 0 Å². The van der Waals surface area contributed by atoms with E-state index in [0.717, 1.165) is 24.6 Å². The molecule has 2 atom stereocenters. The third kappa shape index (κ3) is 3.63. The van der Waals surface area contributed by atoms with Gasteiger partial charge in [-0.25, -0.2) is 9.67 Å². The molecule has 2 aromatic carbocycles. The van der Waals surface area contributed by atoms with Gasteiger partial charge in [0, 0.05) is 11.5 Å². The molecular weight excluding hydrogens is 390 g/mol. The van der Waals surface area contributed by atoms with Crippen LogP contribution in [0.2, 0.25) is 0 Å². The number of nitrogens with one attached hydrogen (secondary N) is 2. The predicted molar refractivity (Wildman–Crippen MR) is 120 cm³/mol. The minimum atomic E-state index is -0.487. The van der Waals surface area contributed by atoms with Crippen molar-refractivity contribution in [3.05, 3.63) is 98.3 Å². The zero-order valence-electron chi connectivity index (χ0n) is 17.2. The summed E-state index contributed by atoms with van der Waals surface area (Å²) in [5, 5.41) is 9.09. The Morgan fingerprint density at radius 3 is 2.84 bits per heavy atom. The molecule has 0 unspecified atom stereocenters. The summed E-state index contributed by atoms with van der Waals surface area (Å²) in [5.74, 6) is 0.407. The van der Waals surface area contributed by atoms with Crippen molar-refractivity contribution in [2.45, 2.75) is 38.3 Å². The molecule has 2 N–H and O–H groups in total. The van der Waals surface area contributed by atoms with E-state index in [0.29, 0.717) is 17.0 Å². The first-order valence-electron chi connectivity index (χ1n) is 10.5. The summed E-state index contributed by atoms with van der Waals surface area (Å²) in [6.07, 6.45) is 4.77. The van der Waals surface area contributed by atoms with Gasteiger partial charge in [-0.3, -0.25) is 14.6 Å². The van der Waals surface area contributed by atoms with Crippen molar-refractivity contribution in [2.24, 2.45) is 0 Å². The molecule has 0 radical (unpaired) electrons. The Labute approximate surface area is 178 Å². The summed E-state index contributed by atoms with van der Waals surface area (Å²) in [5.41, 5.74) is 2.58. The highest BCUT2D eigenvalue weighted by Gasteiger charge is 2.21. The molecule has 7 nitrogen and oxygen atoms in total. The van der Waals surface area contributed by atoms with Gasteiger partial charge < -0.3 is 5.32 Å². The smallest absolute Gasteiger partial charge is 0.275 e. The van der Waals surface area contributed by atoms with Gasteiger partial charge in [0.15, 0.2) is 0 Å². The Morgan fingerprint density at radius 2 is 1.94 bits per heavy atom. The standard InChI is InChI=1S/C24H23N5O2/c1-15(29-23(31)19-11-5-3-8-17(19)14-25-29)21-13-22(30)28-24(27-21)26-20-12-6-9-16-7-2-4-10-18(16)20/h2-5,7-8,10-11,13-15,20H,6,9,12H2,1H3,(H2,26,27,28,30)/t15-,20+/m1/s1. The second-order valence-electron chi connectivity index (χ2n) is 7.96. The lowest BCUT2D eigenvalue weighted by Gasteiger charge is -2.26. The van der Waals surface area contributed by atoms with Crippen LogP contribution in [0, 0.1) is 0 Å². The lowest BCUT2D eigenvalue weighted by atomic mass is 9.88. The Bertz CT molecular complexity index is 1370. The van der Waals surface area contributed by atoms with E-state index < -0.39 is 6.04 Å². The highest BCUT2D eigenvalue weighted by molar-refractivity contribution is 5.80. The third-order valence-electron chi connectivity index (χ3n) is 5.96. The van der Waals surface area contributed by atoms with Crippen LogP contribution in [-0.2, 0) is 6.42 Å². The number of aromatic amines is 1. The van der Waals surface area contributed by atoms with Crippen LogP contribution in [0.15, 0.2) is 70.4 Å². The van der Waals surface area contributed by atoms with Crippen molar-refractivity contribution < 1.29 is 0 Å². The topological polar surface area (TPSA) is 92.7 Å². The zero-order valence-corrected chi connectivity index (χ0v) is 17.2. The number of H-pyrrole nitrogens is 1. The van der Waals surface area contributed by atoms with Crippen LogP contribution >= 0.6 is 0 Å². The lowest BCUT2D eigenvalue weighted by molar-refractivity contribution is 0.523. The van der Waals surface area contributed by atoms with Crippen LogP contribution in [0.25, 0.3) is 10.8 Å². The number of aryl methyl sites for hydroxylation is 1. The zero-order chi connectivity index (χ0) is 21.4. The third-order valence-corrected chi connectivity index (χ3v) is 5.96. The molecule has 156 valence electrons. The molecule has 0 saturated carbocycles. The fourth-order valence-corrected chi connectivity index (χ4v) is 4.33. The minimum absolute atomic E-state index is 0.0835. The molecule has 5 rings (SSSR count). The van der Waals surface area contributed by atoms with E-state index in [1.807, 2.05) is 31.2 Å². The molecule has 0 bridgehead atoms. The van der Waals surface area contributed by atoms with Gasteiger partial charge in [0.1, 0.15) is 0 Å². The predicted octanol–water partition coefficient (Wildman–Crippen LogP) is 3.58. The van der Waals surface area contributed by atoms with Crippen molar-refractivity contribution in [1.29, 1.82) is 0 Å². The van der Waals surface area contributed by atoms with Crippen LogP contribution in [0.1, 0.15) is 48.7 Å². The summed E-state index contributed by atoms with van der Waals surface area (Å²) in [6, 6.07) is 16.7. The van der Waals surface area contributed by atoms with Crippen LogP contribution in [0.3, 0.4) is 0 Å². The molecule has 0 spiro atoms. The molecule has 1 aliphatic rings. The van der Waals surface area contributed by atoms with E-state index in [-0.39, 0.29) is 17.2 Å². The summed E-state index contributed by atoms with van der Waals surface area (Å²) >= 11 is 0. The van der Waals surface area contributed by atoms with Gasteiger partial charge in [0.2, 0.25) is 5.95 Å². The van der Waals surface area contributed by atoms with Crippen molar-refractivity contribution in [3.8, 4) is 0 Å². The van der Waals surface area contributed by atoms with E-state index in [9.17, 15) is 9.59 Å². The fraction of sp³-hybridized carbons (Fsp3) is 0.250. The quantitative estimate of drug-likeness (QED) is 0.533. The molecule has 0 amide bonds. The van der Waals surface area contributed by atoms with Gasteiger partial charge in [0.05, 0.1) is 29.4 Å². The summed E-state index contributed by atoms with van der Waals surface area (Å²) < 4.78 is 1.38. The number of anilines is 1. The van der Waals surface area contributed by atoms with E-state index in [2.05, 4.69) is 38.6 Å². The average Bonchev–Trinajstić information content (AvgIpc) is 2.79. The second kappa shape index (κ2) is 7.83. The van der Waals surface area contributed by atoms with E-state index in [1.54, 1.807) is 12.3 Å². The molecule has 4 aromatic rings. The molecule has 2 aromatic heterocycles. The Morgan fingerprint density at radius 1 is 1.13 bits per heavy atom. The van der Waals surface area contributed by atoms with Crippen molar-refractivity contribution in [2.75, 3.05) is 5.32 Å². The highest BCUT2D eigenvalue weighted by atomic mass is 16.1. The van der Waals surface area contributed by atoms with E-state index >= 15 is 0 Å². The largest absolute Gasteiger partial charge is 0.349 e. The molecule has 0 fully saturated rings. The van der Waals surface area contributed by atoms with Gasteiger partial charge in [0.25, 0.3) is 11.1 Å². The Kier molecular flexibility index (Phi) is 4.86. The fourth-order valence-electron chi connectivity index (χ4n) is 4.33. The second-order valence-corrected chi connectivity index (χ2v) is 7.96. The van der Waals surface area contributed by atoms with Gasteiger partial charge >= 0.3 is 0 Å². The Hall–Kier alpha value is -3.74. The average molecular weight is 413 g/mol. The molecule has 0 aliphatic heterocycles. The van der Waals surface area contributed by atoms with Crippen molar-refractivity contribution in [1.82, 2.24) is 19.7 Å². The van der Waals surface area contributed by atoms with Gasteiger partial charge in [-0.15, -0.1) is 0 Å². The maximum Gasteiger partial charge on any atom is 0.275 e. The van der Waals surface area contributed by atoms with Crippen LogP contribution in [0.4, 0.5) is 5.95 Å². The van der Waals surface area contributed by atoms with Gasteiger partial charge in [-0.2, -0.15) is 5.10 Å². The van der Waals surface area contributed by atoms with E-state index in [1.165, 1.54) is 21.9 Å².